The second-order valence-corrected chi connectivity index (χ2v) is 8.13. The highest BCUT2D eigenvalue weighted by Gasteiger charge is 2.15. The Morgan fingerprint density at radius 3 is 2.49 bits per heavy atom. The van der Waals surface area contributed by atoms with Crippen molar-refractivity contribution in [1.82, 2.24) is 19.9 Å². The fourth-order valence-electron chi connectivity index (χ4n) is 3.91. The lowest BCUT2D eigenvalue weighted by Crippen LogP contribution is -2.14. The first-order valence-corrected chi connectivity index (χ1v) is 11.2. The first-order chi connectivity index (χ1) is 17.1. The lowest BCUT2D eigenvalue weighted by molar-refractivity contribution is 0.0466. The Morgan fingerprint density at radius 1 is 0.886 bits per heavy atom. The second-order valence-electron chi connectivity index (χ2n) is 8.13. The third-order valence-corrected chi connectivity index (χ3v) is 5.55. The van der Waals surface area contributed by atoms with Gasteiger partial charge in [0.05, 0.1) is 22.2 Å². The molecule has 5 aromatic rings. The number of benzene rings is 3. The van der Waals surface area contributed by atoms with E-state index in [9.17, 15) is 9.59 Å². The van der Waals surface area contributed by atoms with E-state index in [2.05, 4.69) is 19.9 Å². The Bertz CT molecular complexity index is 1580. The molecule has 0 radical (unpaired) electrons. The van der Waals surface area contributed by atoms with Crippen LogP contribution >= 0.6 is 0 Å². The number of para-hydroxylation sites is 1. The van der Waals surface area contributed by atoms with Crippen molar-refractivity contribution in [1.29, 1.82) is 0 Å². The zero-order valence-corrected chi connectivity index (χ0v) is 19.1. The molecule has 0 atom stereocenters. The fourth-order valence-corrected chi connectivity index (χ4v) is 3.91. The summed E-state index contributed by atoms with van der Waals surface area (Å²) in [6.45, 7) is 1.90. The maximum absolute atomic E-state index is 13.0. The molecular formula is C28H22N4O3. The highest BCUT2D eigenvalue weighted by molar-refractivity contribution is 5.91. The summed E-state index contributed by atoms with van der Waals surface area (Å²) < 4.78 is 5.61. The number of carbonyl (C=O) groups is 1. The molecule has 7 heteroatoms. The van der Waals surface area contributed by atoms with Crippen molar-refractivity contribution in [3.63, 3.8) is 0 Å². The normalized spacial score (nSPS) is 10.9. The van der Waals surface area contributed by atoms with Gasteiger partial charge in [-0.1, -0.05) is 60.7 Å². The first kappa shape index (κ1) is 22.2. The number of aromatic amines is 1. The SMILES string of the molecule is Cc1cc(COC(=O)c2ccccc2Cc2nc3ccccc3c(=O)[nH]2)nc(-c2ccccc2)n1. The van der Waals surface area contributed by atoms with Crippen LogP contribution in [0.3, 0.4) is 0 Å². The second kappa shape index (κ2) is 9.69. The van der Waals surface area contributed by atoms with Gasteiger partial charge >= 0.3 is 5.97 Å². The van der Waals surface area contributed by atoms with Gasteiger partial charge in [0, 0.05) is 17.7 Å². The Labute approximate surface area is 201 Å². The molecule has 0 aliphatic heterocycles. The number of nitrogens with one attached hydrogen (secondary N) is 1. The van der Waals surface area contributed by atoms with Gasteiger partial charge < -0.3 is 9.72 Å². The molecule has 0 spiro atoms. The molecule has 172 valence electrons. The monoisotopic (exact) mass is 462 g/mol. The van der Waals surface area contributed by atoms with Gasteiger partial charge in [0.2, 0.25) is 0 Å². The first-order valence-electron chi connectivity index (χ1n) is 11.2. The van der Waals surface area contributed by atoms with Crippen molar-refractivity contribution < 1.29 is 9.53 Å². The molecule has 7 nitrogen and oxygen atoms in total. The van der Waals surface area contributed by atoms with Crippen LogP contribution in [-0.2, 0) is 17.8 Å². The number of rotatable bonds is 6. The Morgan fingerprint density at radius 2 is 1.63 bits per heavy atom. The summed E-state index contributed by atoms with van der Waals surface area (Å²) in [5.41, 5.74) is 3.82. The standard InChI is InChI=1S/C28H22N4O3/c1-18-15-21(30-26(29-18)19-9-3-2-4-10-19)17-35-28(34)22-12-6-5-11-20(22)16-25-31-24-14-8-7-13-23(24)27(33)32-25/h2-15H,16-17H2,1H3,(H,31,32,33). The third kappa shape index (κ3) is 4.99. The van der Waals surface area contributed by atoms with Gasteiger partial charge in [-0.05, 0) is 36.8 Å². The molecule has 0 bridgehead atoms. The number of hydrogen-bond acceptors (Lipinski definition) is 6. The molecule has 0 amide bonds. The van der Waals surface area contributed by atoms with Gasteiger partial charge in [-0.25, -0.2) is 19.7 Å². The van der Waals surface area contributed by atoms with Crippen LogP contribution in [0.5, 0.6) is 0 Å². The summed E-state index contributed by atoms with van der Waals surface area (Å²) in [7, 11) is 0. The number of H-pyrrole nitrogens is 1. The quantitative estimate of drug-likeness (QED) is 0.369. The van der Waals surface area contributed by atoms with Crippen molar-refractivity contribution in [2.45, 2.75) is 20.0 Å². The number of aromatic nitrogens is 4. The predicted octanol–water partition coefficient (Wildman–Crippen LogP) is 4.64. The lowest BCUT2D eigenvalue weighted by Gasteiger charge is -2.11. The van der Waals surface area contributed by atoms with E-state index in [1.807, 2.05) is 55.5 Å². The molecule has 0 saturated heterocycles. The van der Waals surface area contributed by atoms with Gasteiger partial charge in [-0.2, -0.15) is 0 Å². The largest absolute Gasteiger partial charge is 0.456 e. The number of aryl methyl sites for hydroxylation is 1. The van der Waals surface area contributed by atoms with Gasteiger partial charge in [0.15, 0.2) is 5.82 Å². The molecule has 0 aliphatic carbocycles. The average molecular weight is 463 g/mol. The number of fused-ring (bicyclic) bond motifs is 1. The maximum Gasteiger partial charge on any atom is 0.338 e. The molecule has 1 N–H and O–H groups in total. The van der Waals surface area contributed by atoms with Gasteiger partial charge in [0.25, 0.3) is 5.56 Å². The van der Waals surface area contributed by atoms with Gasteiger partial charge in [0.1, 0.15) is 12.4 Å². The molecule has 0 aliphatic rings. The minimum atomic E-state index is -0.471. The van der Waals surface area contributed by atoms with Crippen molar-refractivity contribution in [2.24, 2.45) is 0 Å². The van der Waals surface area contributed by atoms with Crippen LogP contribution in [0.15, 0.2) is 89.7 Å². The molecule has 0 unspecified atom stereocenters. The van der Waals surface area contributed by atoms with E-state index in [0.717, 1.165) is 11.3 Å². The van der Waals surface area contributed by atoms with E-state index in [1.54, 1.807) is 36.4 Å². The van der Waals surface area contributed by atoms with Gasteiger partial charge in [-0.3, -0.25) is 4.79 Å². The van der Waals surface area contributed by atoms with Crippen molar-refractivity contribution in [2.75, 3.05) is 0 Å². The minimum Gasteiger partial charge on any atom is -0.456 e. The van der Waals surface area contributed by atoms with Crippen molar-refractivity contribution in [3.05, 3.63) is 124 Å². The van der Waals surface area contributed by atoms with Crippen molar-refractivity contribution >= 4 is 16.9 Å². The summed E-state index contributed by atoms with van der Waals surface area (Å²) in [4.78, 5) is 41.8. The van der Waals surface area contributed by atoms with E-state index in [0.29, 0.717) is 39.4 Å². The highest BCUT2D eigenvalue weighted by Crippen LogP contribution is 2.18. The molecule has 5 rings (SSSR count). The zero-order valence-electron chi connectivity index (χ0n) is 19.1. The number of esters is 1. The molecule has 0 fully saturated rings. The number of carbonyl (C=O) groups excluding carboxylic acids is 1. The lowest BCUT2D eigenvalue weighted by atomic mass is 10.0. The molecule has 35 heavy (non-hydrogen) atoms. The van der Waals surface area contributed by atoms with Crippen molar-refractivity contribution in [3.8, 4) is 11.4 Å². The average Bonchev–Trinajstić information content (AvgIpc) is 2.88. The third-order valence-electron chi connectivity index (χ3n) is 5.55. The molecule has 0 saturated carbocycles. The predicted molar refractivity (Wildman–Crippen MR) is 133 cm³/mol. The van der Waals surface area contributed by atoms with Crippen LogP contribution < -0.4 is 5.56 Å². The van der Waals surface area contributed by atoms with E-state index >= 15 is 0 Å². The van der Waals surface area contributed by atoms with Crippen LogP contribution in [0.25, 0.3) is 22.3 Å². The van der Waals surface area contributed by atoms with Crippen LogP contribution in [0.2, 0.25) is 0 Å². The fraction of sp³-hybridized carbons (Fsp3) is 0.107. The zero-order chi connectivity index (χ0) is 24.2. The van der Waals surface area contributed by atoms with Crippen LogP contribution in [0.1, 0.15) is 33.1 Å². The van der Waals surface area contributed by atoms with E-state index in [4.69, 9.17) is 4.74 Å². The smallest absolute Gasteiger partial charge is 0.338 e. The summed E-state index contributed by atoms with van der Waals surface area (Å²) in [6, 6.07) is 25.8. The molecular weight excluding hydrogens is 440 g/mol. The van der Waals surface area contributed by atoms with Crippen LogP contribution in [0.4, 0.5) is 0 Å². The number of nitrogens with zero attached hydrogens (tertiary/aromatic N) is 3. The van der Waals surface area contributed by atoms with E-state index in [-0.39, 0.29) is 18.6 Å². The summed E-state index contributed by atoms with van der Waals surface area (Å²) in [5.74, 6) is 0.595. The van der Waals surface area contributed by atoms with Gasteiger partial charge in [-0.15, -0.1) is 0 Å². The van der Waals surface area contributed by atoms with Crippen LogP contribution in [-0.4, -0.2) is 25.9 Å². The number of ether oxygens (including phenoxy) is 1. The van der Waals surface area contributed by atoms with E-state index in [1.165, 1.54) is 0 Å². The highest BCUT2D eigenvalue weighted by atomic mass is 16.5. The summed E-state index contributed by atoms with van der Waals surface area (Å²) >= 11 is 0. The Kier molecular flexibility index (Phi) is 6.13. The Balaban J connectivity index is 1.36. The molecule has 2 aromatic heterocycles. The summed E-state index contributed by atoms with van der Waals surface area (Å²) in [5, 5.41) is 0.527. The Hall–Kier alpha value is -4.65. The topological polar surface area (TPSA) is 97.8 Å². The molecule has 3 aromatic carbocycles. The van der Waals surface area contributed by atoms with Crippen LogP contribution in [0, 0.1) is 6.92 Å². The minimum absolute atomic E-state index is 0.0153. The summed E-state index contributed by atoms with van der Waals surface area (Å²) in [6.07, 6.45) is 0.288. The van der Waals surface area contributed by atoms with E-state index < -0.39 is 5.97 Å². The molecule has 2 heterocycles. The maximum atomic E-state index is 13.0. The number of hydrogen-bond donors (Lipinski definition) is 1.